The van der Waals surface area contributed by atoms with Crippen molar-refractivity contribution < 1.29 is 4.92 Å². The lowest BCUT2D eigenvalue weighted by Gasteiger charge is -2.05. The van der Waals surface area contributed by atoms with Crippen LogP contribution in [0.5, 0.6) is 0 Å². The molecule has 0 saturated carbocycles. The number of nitrogens with zero attached hydrogens (tertiary/aromatic N) is 2. The van der Waals surface area contributed by atoms with E-state index in [1.165, 1.54) is 18.3 Å². The zero-order valence-electron chi connectivity index (χ0n) is 9.04. The Hall–Kier alpha value is -2.49. The number of hydrogen-bond acceptors (Lipinski definition) is 3. The highest BCUT2D eigenvalue weighted by Gasteiger charge is 2.18. The number of aromatic nitrogens is 1. The third kappa shape index (κ3) is 2.06. The van der Waals surface area contributed by atoms with E-state index in [2.05, 4.69) is 11.6 Å². The predicted octanol–water partition coefficient (Wildman–Crippen LogP) is 3.30. The Balaban J connectivity index is 2.73. The van der Waals surface area contributed by atoms with Crippen LogP contribution in [0, 0.1) is 10.1 Å². The van der Waals surface area contributed by atoms with Gasteiger partial charge in [0.2, 0.25) is 0 Å². The van der Waals surface area contributed by atoms with Crippen LogP contribution in [-0.4, -0.2) is 9.91 Å². The van der Waals surface area contributed by atoms with Gasteiger partial charge in [-0.25, -0.2) is 0 Å². The minimum atomic E-state index is -0.406. The molecule has 0 atom stereocenters. The normalized spacial score (nSPS) is 9.88. The Morgan fingerprint density at radius 1 is 1.24 bits per heavy atom. The molecule has 0 aliphatic rings. The lowest BCUT2D eigenvalue weighted by atomic mass is 10.0. The molecular weight excluding hydrogens is 216 g/mol. The first-order chi connectivity index (χ1) is 8.24. The Labute approximate surface area is 98.4 Å². The standard InChI is InChI=1S/C13H10N2O2/c1-2-11-13(10-6-4-3-5-7-10)12(15(16)17)8-9-14-11/h2-9H,1H2. The average molecular weight is 226 g/mol. The maximum atomic E-state index is 11.0. The summed E-state index contributed by atoms with van der Waals surface area (Å²) in [5.41, 5.74) is 1.84. The molecule has 1 heterocycles. The van der Waals surface area contributed by atoms with Crippen LogP contribution in [0.4, 0.5) is 5.69 Å². The second-order valence-electron chi connectivity index (χ2n) is 3.42. The van der Waals surface area contributed by atoms with E-state index >= 15 is 0 Å². The molecular formula is C13H10N2O2. The van der Waals surface area contributed by atoms with Gasteiger partial charge in [-0.15, -0.1) is 0 Å². The highest BCUT2D eigenvalue weighted by molar-refractivity contribution is 5.80. The van der Waals surface area contributed by atoms with Crippen molar-refractivity contribution in [3.05, 3.63) is 65.0 Å². The topological polar surface area (TPSA) is 56.0 Å². The minimum absolute atomic E-state index is 0.0427. The number of benzene rings is 1. The molecule has 0 bridgehead atoms. The fourth-order valence-electron chi connectivity index (χ4n) is 1.67. The zero-order chi connectivity index (χ0) is 12.3. The molecule has 0 spiro atoms. The van der Waals surface area contributed by atoms with Crippen molar-refractivity contribution >= 4 is 11.8 Å². The van der Waals surface area contributed by atoms with Crippen LogP contribution in [0.1, 0.15) is 5.69 Å². The van der Waals surface area contributed by atoms with Crippen molar-refractivity contribution in [3.63, 3.8) is 0 Å². The van der Waals surface area contributed by atoms with E-state index in [9.17, 15) is 10.1 Å². The third-order valence-corrected chi connectivity index (χ3v) is 2.41. The lowest BCUT2D eigenvalue weighted by Crippen LogP contribution is -1.96. The summed E-state index contributed by atoms with van der Waals surface area (Å²) in [5, 5.41) is 11.0. The molecule has 0 aliphatic carbocycles. The Kier molecular flexibility index (Phi) is 2.96. The molecule has 2 rings (SSSR count). The smallest absolute Gasteiger partial charge is 0.258 e. The first kappa shape index (κ1) is 11.0. The molecule has 0 unspecified atom stereocenters. The van der Waals surface area contributed by atoms with Gasteiger partial charge in [-0.05, 0) is 11.6 Å². The molecule has 0 N–H and O–H groups in total. The molecule has 2 aromatic rings. The predicted molar refractivity (Wildman–Crippen MR) is 66.4 cm³/mol. The van der Waals surface area contributed by atoms with Crippen molar-refractivity contribution in [1.82, 2.24) is 4.98 Å². The molecule has 4 nitrogen and oxygen atoms in total. The number of pyridine rings is 1. The third-order valence-electron chi connectivity index (χ3n) is 2.41. The van der Waals surface area contributed by atoms with E-state index in [1.54, 1.807) is 0 Å². The van der Waals surface area contributed by atoms with Crippen molar-refractivity contribution in [2.45, 2.75) is 0 Å². The van der Waals surface area contributed by atoms with Crippen LogP contribution in [0.25, 0.3) is 17.2 Å². The first-order valence-corrected chi connectivity index (χ1v) is 5.05. The van der Waals surface area contributed by atoms with Gasteiger partial charge in [0.15, 0.2) is 0 Å². The average Bonchev–Trinajstić information content (AvgIpc) is 2.38. The first-order valence-electron chi connectivity index (χ1n) is 5.05. The maximum absolute atomic E-state index is 11.0. The molecule has 0 fully saturated rings. The summed E-state index contributed by atoms with van der Waals surface area (Å²) in [6.07, 6.45) is 2.94. The van der Waals surface area contributed by atoms with E-state index < -0.39 is 4.92 Å². The van der Waals surface area contributed by atoms with Crippen LogP contribution in [-0.2, 0) is 0 Å². The molecule has 1 aromatic heterocycles. The molecule has 4 heteroatoms. The van der Waals surface area contributed by atoms with Gasteiger partial charge in [0.25, 0.3) is 5.69 Å². The fraction of sp³-hybridized carbons (Fsp3) is 0. The summed E-state index contributed by atoms with van der Waals surface area (Å²) in [7, 11) is 0. The molecule has 0 amide bonds. The van der Waals surface area contributed by atoms with E-state index in [4.69, 9.17) is 0 Å². The van der Waals surface area contributed by atoms with Crippen molar-refractivity contribution in [2.24, 2.45) is 0 Å². The van der Waals surface area contributed by atoms with Gasteiger partial charge in [0.1, 0.15) is 0 Å². The summed E-state index contributed by atoms with van der Waals surface area (Å²) in [6, 6.07) is 10.6. The lowest BCUT2D eigenvalue weighted by molar-refractivity contribution is -0.384. The van der Waals surface area contributed by atoms with E-state index in [1.807, 2.05) is 30.3 Å². The molecule has 0 aliphatic heterocycles. The molecule has 17 heavy (non-hydrogen) atoms. The van der Waals surface area contributed by atoms with Crippen LogP contribution in [0.15, 0.2) is 49.2 Å². The van der Waals surface area contributed by atoms with E-state index in [0.29, 0.717) is 11.3 Å². The van der Waals surface area contributed by atoms with Gasteiger partial charge in [-0.2, -0.15) is 0 Å². The maximum Gasteiger partial charge on any atom is 0.280 e. The Morgan fingerprint density at radius 3 is 2.53 bits per heavy atom. The van der Waals surface area contributed by atoms with Gasteiger partial charge >= 0.3 is 0 Å². The van der Waals surface area contributed by atoms with E-state index in [0.717, 1.165) is 5.56 Å². The summed E-state index contributed by atoms with van der Waals surface area (Å²) < 4.78 is 0. The Bertz CT molecular complexity index is 565. The van der Waals surface area contributed by atoms with E-state index in [-0.39, 0.29) is 5.69 Å². The van der Waals surface area contributed by atoms with Gasteiger partial charge in [-0.3, -0.25) is 15.1 Å². The van der Waals surface area contributed by atoms with Gasteiger partial charge in [0, 0.05) is 12.3 Å². The highest BCUT2D eigenvalue weighted by atomic mass is 16.6. The zero-order valence-corrected chi connectivity index (χ0v) is 9.04. The van der Waals surface area contributed by atoms with Crippen LogP contribution < -0.4 is 0 Å². The molecule has 0 saturated heterocycles. The quantitative estimate of drug-likeness (QED) is 0.596. The van der Waals surface area contributed by atoms with Crippen molar-refractivity contribution in [3.8, 4) is 11.1 Å². The summed E-state index contributed by atoms with van der Waals surface area (Å²) in [6.45, 7) is 3.63. The summed E-state index contributed by atoms with van der Waals surface area (Å²) in [4.78, 5) is 14.7. The highest BCUT2D eigenvalue weighted by Crippen LogP contribution is 2.32. The summed E-state index contributed by atoms with van der Waals surface area (Å²) in [5.74, 6) is 0. The monoisotopic (exact) mass is 226 g/mol. The van der Waals surface area contributed by atoms with Gasteiger partial charge < -0.3 is 0 Å². The summed E-state index contributed by atoms with van der Waals surface area (Å²) >= 11 is 0. The largest absolute Gasteiger partial charge is 0.280 e. The van der Waals surface area contributed by atoms with Crippen LogP contribution in [0.3, 0.4) is 0 Å². The molecule has 0 radical (unpaired) electrons. The molecule has 84 valence electrons. The van der Waals surface area contributed by atoms with Crippen LogP contribution in [0.2, 0.25) is 0 Å². The minimum Gasteiger partial charge on any atom is -0.258 e. The SMILES string of the molecule is C=Cc1nccc([N+](=O)[O-])c1-c1ccccc1. The second-order valence-corrected chi connectivity index (χ2v) is 3.42. The number of hydrogen-bond donors (Lipinski definition) is 0. The second kappa shape index (κ2) is 4.57. The molecule has 1 aromatic carbocycles. The Morgan fingerprint density at radius 2 is 1.94 bits per heavy atom. The van der Waals surface area contributed by atoms with Crippen molar-refractivity contribution in [2.75, 3.05) is 0 Å². The van der Waals surface area contributed by atoms with Crippen molar-refractivity contribution in [1.29, 1.82) is 0 Å². The van der Waals surface area contributed by atoms with Crippen LogP contribution >= 0.6 is 0 Å². The number of nitro groups is 1. The fourth-order valence-corrected chi connectivity index (χ4v) is 1.67. The number of rotatable bonds is 3. The van der Waals surface area contributed by atoms with Gasteiger partial charge in [0.05, 0.1) is 16.2 Å². The van der Waals surface area contributed by atoms with Gasteiger partial charge in [-0.1, -0.05) is 36.9 Å².